The Balaban J connectivity index is -0.0000000553. The van der Waals surface area contributed by atoms with E-state index in [9.17, 15) is 26.3 Å². The summed E-state index contributed by atoms with van der Waals surface area (Å²) in [4.78, 5) is 8.33. The van der Waals surface area contributed by atoms with Gasteiger partial charge in [0, 0.05) is 0 Å². The summed E-state index contributed by atoms with van der Waals surface area (Å²) in [5.74, 6) is 2.39. The third-order valence-electron chi connectivity index (χ3n) is 2.98. The fourth-order valence-corrected chi connectivity index (χ4v) is 2.40. The monoisotopic (exact) mass is 690 g/mol. The first-order valence-electron chi connectivity index (χ1n) is 9.27. The fourth-order valence-electron chi connectivity index (χ4n) is 2.40. The molecule has 1 N–H and O–H groups in total. The lowest BCUT2D eigenvalue weighted by Crippen LogP contribution is -3.00. The quantitative estimate of drug-likeness (QED) is 0.0811. The van der Waals surface area contributed by atoms with Crippen molar-refractivity contribution in [3.8, 4) is 0 Å². The lowest BCUT2D eigenvalue weighted by atomic mass is 10.7. The van der Waals surface area contributed by atoms with Gasteiger partial charge in [-0.3, -0.25) is 33.3 Å². The highest BCUT2D eigenvalue weighted by Crippen LogP contribution is 2.21. The number of halogens is 8. The number of hydrogen-bond donors (Lipinski definition) is 1. The van der Waals surface area contributed by atoms with Gasteiger partial charge in [-0.1, -0.05) is 14.9 Å². The van der Waals surface area contributed by atoms with Crippen molar-refractivity contribution in [3.05, 3.63) is 0 Å². The molecule has 0 aromatic carbocycles. The third-order valence-corrected chi connectivity index (χ3v) is 4.13. The summed E-state index contributed by atoms with van der Waals surface area (Å²) in [6, 6.07) is 0. The number of rotatable bonds is 0. The lowest BCUT2D eigenvalue weighted by molar-refractivity contribution is -0.475. The summed E-state index contributed by atoms with van der Waals surface area (Å²) >= 11 is 0. The van der Waals surface area contributed by atoms with Crippen molar-refractivity contribution < 1.29 is 73.8 Å². The van der Waals surface area contributed by atoms with Crippen LogP contribution < -0.4 is 12.4 Å². The van der Waals surface area contributed by atoms with E-state index in [1.807, 2.05) is 84.6 Å². The van der Waals surface area contributed by atoms with E-state index >= 15 is 0 Å². The van der Waals surface area contributed by atoms with Gasteiger partial charge in [0.05, 0.1) is 84.6 Å². The molecule has 0 spiro atoms. The summed E-state index contributed by atoms with van der Waals surface area (Å²) in [7, 11) is 12.5. The maximum absolute atomic E-state index is 10.7. The van der Waals surface area contributed by atoms with E-state index in [-0.39, 0.29) is 39.7 Å². The highest BCUT2D eigenvalue weighted by atomic mass is 35.5. The molecular weight excluding hydrogens is 645 g/mol. The van der Waals surface area contributed by atoms with E-state index in [0.29, 0.717) is 0 Å². The van der Waals surface area contributed by atoms with E-state index in [4.69, 9.17) is 25.9 Å². The molecule has 22 heteroatoms. The van der Waals surface area contributed by atoms with Crippen molar-refractivity contribution in [2.24, 2.45) is 0 Å². The standard InChI is InChI=1S/2C7H18N3.2CHF3O3S.2CH4.2ClH/c2*1-8(2)7(9(3)4)10(5)6;2*2-1(3,4)8(5,6)7;;;;/h2*1-6H3;2*(H,5,6,7);2*1H4;2*1H/q2*+1;;;;;;/p-2. The SMILES string of the molecule is C.C.CN(C)C(N(C)C)=[N+](C)C.CN(C)C(N(C)C)=[N+](C)C.Cl.O=S(=O)(O)C(F)(F)F.O=S(=O)([O-])C(F)(F)F.[Cl-]. The third kappa shape index (κ3) is 28.1. The molecule has 0 aliphatic carbocycles. The van der Waals surface area contributed by atoms with Crippen molar-refractivity contribution in [1.82, 2.24) is 19.6 Å². The van der Waals surface area contributed by atoms with E-state index in [1.165, 1.54) is 11.9 Å². The Bertz CT molecular complexity index is 838. The zero-order valence-corrected chi connectivity index (χ0v) is 26.2. The zero-order chi connectivity index (χ0) is 30.6. The normalized spacial score (nSPS) is 10.1. The summed E-state index contributed by atoms with van der Waals surface area (Å²) in [5.41, 5.74) is -11.2. The van der Waals surface area contributed by atoms with Gasteiger partial charge in [0.2, 0.25) is 0 Å². The molecule has 0 saturated heterocycles. The van der Waals surface area contributed by atoms with Crippen LogP contribution in [0.15, 0.2) is 0 Å². The molecule has 0 saturated carbocycles. The van der Waals surface area contributed by atoms with Gasteiger partial charge in [-0.2, -0.15) is 34.8 Å². The number of nitrogens with zero attached hydrogens (tertiary/aromatic N) is 6. The van der Waals surface area contributed by atoms with Gasteiger partial charge in [0.15, 0.2) is 10.1 Å². The molecule has 0 rings (SSSR count). The number of hydrogen-bond acceptors (Lipinski definition) is 5. The van der Waals surface area contributed by atoms with E-state index in [1.54, 1.807) is 0 Å². The van der Waals surface area contributed by atoms with Gasteiger partial charge in [0.1, 0.15) is 0 Å². The molecule has 12 nitrogen and oxygen atoms in total. The summed E-state index contributed by atoms with van der Waals surface area (Å²) in [5, 5.41) is 0. The molecule has 252 valence electrons. The van der Waals surface area contributed by atoms with E-state index in [0.717, 1.165) is 0 Å². The first-order valence-corrected chi connectivity index (χ1v) is 12.1. The van der Waals surface area contributed by atoms with Gasteiger partial charge >= 0.3 is 33.1 Å². The Kier molecular flexibility index (Phi) is 33.7. The summed E-state index contributed by atoms with van der Waals surface area (Å²) in [6.07, 6.45) is 0. The Hall–Kier alpha value is -1.48. The van der Waals surface area contributed by atoms with Crippen LogP contribution in [0.25, 0.3) is 0 Å². The van der Waals surface area contributed by atoms with Crippen molar-refractivity contribution in [1.29, 1.82) is 0 Å². The molecule has 0 atom stereocenters. The smallest absolute Gasteiger partial charge is 0.522 e. The van der Waals surface area contributed by atoms with Crippen LogP contribution in [0.3, 0.4) is 0 Å². The minimum atomic E-state index is -6.09. The van der Waals surface area contributed by atoms with Crippen LogP contribution in [0.5, 0.6) is 0 Å². The average molecular weight is 692 g/mol. The van der Waals surface area contributed by atoms with E-state index in [2.05, 4.69) is 28.8 Å². The van der Waals surface area contributed by atoms with E-state index < -0.39 is 31.3 Å². The zero-order valence-electron chi connectivity index (χ0n) is 23.0. The molecule has 0 fully saturated rings. The molecule has 0 aromatic rings. The minimum Gasteiger partial charge on any atom is -1.00 e. The van der Waals surface area contributed by atoms with Crippen LogP contribution in [0.1, 0.15) is 14.9 Å². The topological polar surface area (TPSA) is 131 Å². The second-order valence-corrected chi connectivity index (χ2v) is 10.6. The lowest BCUT2D eigenvalue weighted by Gasteiger charge is -2.16. The second kappa shape index (κ2) is 23.1. The van der Waals surface area contributed by atoms with Gasteiger partial charge < -0.3 is 17.0 Å². The predicted molar refractivity (Wildman–Crippen MR) is 143 cm³/mol. The van der Waals surface area contributed by atoms with Gasteiger partial charge in [-0.25, -0.2) is 8.42 Å². The predicted octanol–water partition coefficient (Wildman–Crippen LogP) is -1.38. The number of guanidine groups is 2. The van der Waals surface area contributed by atoms with Crippen molar-refractivity contribution in [2.75, 3.05) is 84.6 Å². The molecule has 0 aromatic heterocycles. The first kappa shape index (κ1) is 58.2. The molecule has 0 bridgehead atoms. The van der Waals surface area contributed by atoms with Crippen molar-refractivity contribution >= 4 is 44.6 Å². The average Bonchev–Trinajstić information content (AvgIpc) is 2.49. The molecule has 0 radical (unpaired) electrons. The molecule has 0 heterocycles. The molecule has 0 aliphatic rings. The van der Waals surface area contributed by atoms with Crippen LogP contribution in [-0.2, 0) is 20.2 Å². The Morgan fingerprint density at radius 2 is 0.750 bits per heavy atom. The maximum Gasteiger partial charge on any atom is 0.522 e. The Morgan fingerprint density at radius 1 is 0.625 bits per heavy atom. The molecule has 0 unspecified atom stereocenters. The van der Waals surface area contributed by atoms with Crippen molar-refractivity contribution in [2.45, 2.75) is 25.9 Å². The van der Waals surface area contributed by atoms with Crippen LogP contribution in [0.2, 0.25) is 0 Å². The van der Waals surface area contributed by atoms with Gasteiger partial charge in [0.25, 0.3) is 0 Å². The minimum absolute atomic E-state index is 0. The summed E-state index contributed by atoms with van der Waals surface area (Å²) in [6.45, 7) is 0. The van der Waals surface area contributed by atoms with Gasteiger partial charge in [-0.05, 0) is 0 Å². The Morgan fingerprint density at radius 3 is 0.750 bits per heavy atom. The van der Waals surface area contributed by atoms with Crippen LogP contribution >= 0.6 is 12.4 Å². The molecule has 0 aliphatic heterocycles. The summed E-state index contributed by atoms with van der Waals surface area (Å²) < 4.78 is 121. The maximum atomic E-state index is 10.7. The molecular formula is C18H46Cl2F6N6O6S2. The van der Waals surface area contributed by atoms with Crippen LogP contribution in [0, 0.1) is 0 Å². The van der Waals surface area contributed by atoms with Crippen molar-refractivity contribution in [3.63, 3.8) is 0 Å². The Labute approximate surface area is 248 Å². The van der Waals surface area contributed by atoms with Gasteiger partial charge in [-0.15, -0.1) is 12.4 Å². The number of alkyl halides is 6. The highest BCUT2D eigenvalue weighted by molar-refractivity contribution is 7.86. The highest BCUT2D eigenvalue weighted by Gasteiger charge is 2.44. The van der Waals surface area contributed by atoms with Crippen LogP contribution in [-0.4, -0.2) is 162 Å². The second-order valence-electron chi connectivity index (χ2n) is 7.79. The first-order chi connectivity index (χ1) is 15.4. The molecule has 40 heavy (non-hydrogen) atoms. The largest absolute Gasteiger partial charge is 1.00 e. The fraction of sp³-hybridized carbons (Fsp3) is 0.889. The molecule has 0 amide bonds. The van der Waals surface area contributed by atoms with Crippen LogP contribution in [0.4, 0.5) is 26.3 Å².